The van der Waals surface area contributed by atoms with Crippen LogP contribution < -0.4 is 15.0 Å². The van der Waals surface area contributed by atoms with E-state index >= 15 is 0 Å². The number of para-hydroxylation sites is 2. The zero-order valence-electron chi connectivity index (χ0n) is 15.6. The standard InChI is InChI=1S/C19H18F3N3O5/c20-19(21,22)13-5-6-15(24-7-9-29-10-8-24)14(11-13)23-18(26)12-30-17-4-2-1-3-16(17)25(27)28/h1-6,11H,7-10,12H2,(H,23,26). The molecule has 0 bridgehead atoms. The normalized spacial score (nSPS) is 14.3. The van der Waals surface area contributed by atoms with E-state index in [0.717, 1.165) is 12.1 Å². The summed E-state index contributed by atoms with van der Waals surface area (Å²) in [5, 5.41) is 13.4. The fourth-order valence-corrected chi connectivity index (χ4v) is 2.95. The number of anilines is 2. The number of nitrogens with zero attached hydrogens (tertiary/aromatic N) is 2. The van der Waals surface area contributed by atoms with Gasteiger partial charge in [0.15, 0.2) is 12.4 Å². The molecule has 1 aliphatic heterocycles. The monoisotopic (exact) mass is 425 g/mol. The third-order valence-electron chi connectivity index (χ3n) is 4.37. The molecule has 0 saturated carbocycles. The summed E-state index contributed by atoms with van der Waals surface area (Å²) in [6.45, 7) is 1.13. The minimum absolute atomic E-state index is 0.0251. The molecule has 0 aromatic heterocycles. The fraction of sp³-hybridized carbons (Fsp3) is 0.316. The smallest absolute Gasteiger partial charge is 0.416 e. The van der Waals surface area contributed by atoms with Gasteiger partial charge in [0.25, 0.3) is 5.91 Å². The number of halogens is 3. The SMILES string of the molecule is O=C(COc1ccccc1[N+](=O)[O-])Nc1cc(C(F)(F)F)ccc1N1CCOCC1. The Morgan fingerprint density at radius 1 is 1.20 bits per heavy atom. The van der Waals surface area contributed by atoms with E-state index in [9.17, 15) is 28.1 Å². The van der Waals surface area contributed by atoms with Gasteiger partial charge in [-0.25, -0.2) is 0 Å². The van der Waals surface area contributed by atoms with Crippen molar-refractivity contribution in [1.82, 2.24) is 0 Å². The Hall–Kier alpha value is -3.34. The summed E-state index contributed by atoms with van der Waals surface area (Å²) in [5.41, 5.74) is -0.832. The highest BCUT2D eigenvalue weighted by atomic mass is 19.4. The minimum atomic E-state index is -4.58. The predicted octanol–water partition coefficient (Wildman–Crippen LogP) is 3.47. The van der Waals surface area contributed by atoms with Crippen molar-refractivity contribution >= 4 is 23.0 Å². The molecule has 2 aromatic rings. The molecule has 1 saturated heterocycles. The topological polar surface area (TPSA) is 93.9 Å². The Morgan fingerprint density at radius 3 is 2.57 bits per heavy atom. The van der Waals surface area contributed by atoms with E-state index in [-0.39, 0.29) is 17.1 Å². The number of carbonyl (C=O) groups is 1. The van der Waals surface area contributed by atoms with E-state index in [2.05, 4.69) is 5.32 Å². The third kappa shape index (κ3) is 5.17. The Morgan fingerprint density at radius 2 is 1.90 bits per heavy atom. The highest BCUT2D eigenvalue weighted by Gasteiger charge is 2.32. The predicted molar refractivity (Wildman–Crippen MR) is 102 cm³/mol. The van der Waals surface area contributed by atoms with Gasteiger partial charge in [0.05, 0.1) is 35.1 Å². The zero-order valence-corrected chi connectivity index (χ0v) is 15.6. The van der Waals surface area contributed by atoms with Crippen LogP contribution in [0.1, 0.15) is 5.56 Å². The number of nitrogens with one attached hydrogen (secondary N) is 1. The van der Waals surface area contributed by atoms with E-state index in [1.165, 1.54) is 30.3 Å². The number of hydrogen-bond acceptors (Lipinski definition) is 6. The maximum Gasteiger partial charge on any atom is 0.416 e. The van der Waals surface area contributed by atoms with Crippen LogP contribution in [0.15, 0.2) is 42.5 Å². The van der Waals surface area contributed by atoms with Crippen LogP contribution in [0, 0.1) is 10.1 Å². The number of morpholine rings is 1. The van der Waals surface area contributed by atoms with E-state index in [1.54, 1.807) is 0 Å². The van der Waals surface area contributed by atoms with Crippen molar-refractivity contribution in [1.29, 1.82) is 0 Å². The van der Waals surface area contributed by atoms with Crippen LogP contribution in [0.3, 0.4) is 0 Å². The van der Waals surface area contributed by atoms with Crippen LogP contribution in [-0.2, 0) is 15.7 Å². The lowest BCUT2D eigenvalue weighted by Gasteiger charge is -2.31. The molecule has 1 amide bonds. The molecule has 0 aliphatic carbocycles. The maximum absolute atomic E-state index is 13.1. The highest BCUT2D eigenvalue weighted by molar-refractivity contribution is 5.95. The number of hydrogen-bond donors (Lipinski definition) is 1. The molecule has 2 aromatic carbocycles. The summed E-state index contributed by atoms with van der Waals surface area (Å²) in [6.07, 6.45) is -4.58. The summed E-state index contributed by atoms with van der Waals surface area (Å²) in [4.78, 5) is 24.5. The molecule has 11 heteroatoms. The first-order chi connectivity index (χ1) is 14.3. The average Bonchev–Trinajstić information content (AvgIpc) is 2.72. The van der Waals surface area contributed by atoms with Crippen molar-refractivity contribution in [2.45, 2.75) is 6.18 Å². The molecule has 1 fully saturated rings. The fourth-order valence-electron chi connectivity index (χ4n) is 2.95. The maximum atomic E-state index is 13.1. The van der Waals surface area contributed by atoms with Crippen molar-refractivity contribution in [2.24, 2.45) is 0 Å². The Kier molecular flexibility index (Phi) is 6.40. The van der Waals surface area contributed by atoms with Gasteiger partial charge >= 0.3 is 11.9 Å². The van der Waals surface area contributed by atoms with Gasteiger partial charge in [-0.1, -0.05) is 12.1 Å². The number of rotatable bonds is 6. The lowest BCUT2D eigenvalue weighted by atomic mass is 10.1. The molecule has 160 valence electrons. The molecule has 1 heterocycles. The second kappa shape index (κ2) is 8.99. The van der Waals surface area contributed by atoms with Gasteiger partial charge in [0.2, 0.25) is 0 Å². The van der Waals surface area contributed by atoms with E-state index in [0.29, 0.717) is 32.0 Å². The summed E-state index contributed by atoms with van der Waals surface area (Å²) in [5.74, 6) is -0.864. The zero-order chi connectivity index (χ0) is 21.7. The van der Waals surface area contributed by atoms with Crippen LogP contribution in [-0.4, -0.2) is 43.7 Å². The first-order valence-electron chi connectivity index (χ1n) is 8.95. The number of nitro benzene ring substituents is 1. The van der Waals surface area contributed by atoms with E-state index in [1.807, 2.05) is 4.90 Å². The summed E-state index contributed by atoms with van der Waals surface area (Å²) >= 11 is 0. The van der Waals surface area contributed by atoms with Crippen molar-refractivity contribution < 1.29 is 32.4 Å². The van der Waals surface area contributed by atoms with Gasteiger partial charge in [-0.2, -0.15) is 13.2 Å². The van der Waals surface area contributed by atoms with E-state index < -0.39 is 29.2 Å². The number of alkyl halides is 3. The number of benzene rings is 2. The largest absolute Gasteiger partial charge is 0.477 e. The second-order valence-corrected chi connectivity index (χ2v) is 6.39. The molecular weight excluding hydrogens is 407 g/mol. The first kappa shape index (κ1) is 21.4. The molecule has 3 rings (SSSR count). The average molecular weight is 425 g/mol. The molecule has 0 radical (unpaired) electrons. The lowest BCUT2D eigenvalue weighted by Crippen LogP contribution is -2.37. The quantitative estimate of drug-likeness (QED) is 0.563. The Bertz CT molecular complexity index is 930. The van der Waals surface area contributed by atoms with Gasteiger partial charge in [-0.15, -0.1) is 0 Å². The number of ether oxygens (including phenoxy) is 2. The third-order valence-corrected chi connectivity index (χ3v) is 4.37. The number of carbonyl (C=O) groups excluding carboxylic acids is 1. The van der Waals surface area contributed by atoms with Crippen LogP contribution in [0.5, 0.6) is 5.75 Å². The van der Waals surface area contributed by atoms with Gasteiger partial charge in [0.1, 0.15) is 0 Å². The number of nitro groups is 1. The molecule has 0 unspecified atom stereocenters. The van der Waals surface area contributed by atoms with Crippen LogP contribution >= 0.6 is 0 Å². The van der Waals surface area contributed by atoms with Crippen molar-refractivity contribution in [2.75, 3.05) is 43.1 Å². The van der Waals surface area contributed by atoms with Gasteiger partial charge < -0.3 is 19.7 Å². The lowest BCUT2D eigenvalue weighted by molar-refractivity contribution is -0.385. The molecule has 1 aliphatic rings. The summed E-state index contributed by atoms with van der Waals surface area (Å²) in [6, 6.07) is 8.60. The Balaban J connectivity index is 1.78. The van der Waals surface area contributed by atoms with Gasteiger partial charge in [0, 0.05) is 19.2 Å². The highest BCUT2D eigenvalue weighted by Crippen LogP contribution is 2.36. The molecule has 0 spiro atoms. The summed E-state index contributed by atoms with van der Waals surface area (Å²) < 4.78 is 49.9. The van der Waals surface area contributed by atoms with Crippen molar-refractivity contribution in [3.8, 4) is 5.75 Å². The van der Waals surface area contributed by atoms with Crippen molar-refractivity contribution in [3.05, 3.63) is 58.1 Å². The van der Waals surface area contributed by atoms with Gasteiger partial charge in [-0.3, -0.25) is 14.9 Å². The molecule has 30 heavy (non-hydrogen) atoms. The van der Waals surface area contributed by atoms with E-state index in [4.69, 9.17) is 9.47 Å². The molecule has 0 atom stereocenters. The minimum Gasteiger partial charge on any atom is -0.477 e. The van der Waals surface area contributed by atoms with Gasteiger partial charge in [-0.05, 0) is 24.3 Å². The van der Waals surface area contributed by atoms with Crippen molar-refractivity contribution in [3.63, 3.8) is 0 Å². The van der Waals surface area contributed by atoms with Crippen LogP contribution in [0.2, 0.25) is 0 Å². The molecular formula is C19H18F3N3O5. The first-order valence-corrected chi connectivity index (χ1v) is 8.95. The van der Waals surface area contributed by atoms with Crippen LogP contribution in [0.4, 0.5) is 30.2 Å². The molecule has 8 nitrogen and oxygen atoms in total. The summed E-state index contributed by atoms with van der Waals surface area (Å²) in [7, 11) is 0. The number of amides is 1. The second-order valence-electron chi connectivity index (χ2n) is 6.39. The Labute approximate surface area is 169 Å². The molecule has 1 N–H and O–H groups in total. The van der Waals surface area contributed by atoms with Crippen LogP contribution in [0.25, 0.3) is 0 Å².